The Bertz CT molecular complexity index is 789. The molecule has 1 saturated heterocycles. The van der Waals surface area contributed by atoms with Crippen LogP contribution >= 0.6 is 11.8 Å². The third kappa shape index (κ3) is 5.11. The normalized spacial score (nSPS) is 16.6. The lowest BCUT2D eigenvalue weighted by molar-refractivity contribution is -0.143. The van der Waals surface area contributed by atoms with Gasteiger partial charge in [0.1, 0.15) is 0 Å². The Hall–Kier alpha value is -2.31. The standard InChI is InChI=1S/C21H24N2O3S/c1-15(23-13-11-16(12-14-23)21(25)26)20(24)22-18-9-5-6-10-19(18)27-17-7-3-2-4-8-17/h2-10,15-16H,11-14H2,1H3,(H,22,24)(H,25,26). The lowest BCUT2D eigenvalue weighted by Gasteiger charge is -2.34. The number of carboxylic acids is 1. The zero-order chi connectivity index (χ0) is 19.2. The van der Waals surface area contributed by atoms with E-state index in [0.717, 1.165) is 15.5 Å². The predicted octanol–water partition coefficient (Wildman–Crippen LogP) is 3.96. The van der Waals surface area contributed by atoms with Gasteiger partial charge in [0.15, 0.2) is 0 Å². The van der Waals surface area contributed by atoms with Gasteiger partial charge in [-0.25, -0.2) is 0 Å². The third-order valence-corrected chi connectivity index (χ3v) is 6.01. The van der Waals surface area contributed by atoms with Crippen LogP contribution in [-0.2, 0) is 9.59 Å². The first-order valence-electron chi connectivity index (χ1n) is 9.14. The number of carbonyl (C=O) groups excluding carboxylic acids is 1. The highest BCUT2D eigenvalue weighted by Gasteiger charge is 2.29. The summed E-state index contributed by atoms with van der Waals surface area (Å²) in [7, 11) is 0. The number of aliphatic carboxylic acids is 1. The highest BCUT2D eigenvalue weighted by atomic mass is 32.2. The van der Waals surface area contributed by atoms with Crippen molar-refractivity contribution in [1.82, 2.24) is 4.90 Å². The van der Waals surface area contributed by atoms with E-state index in [1.54, 1.807) is 11.8 Å². The molecule has 0 aromatic heterocycles. The minimum Gasteiger partial charge on any atom is -0.481 e. The molecular weight excluding hydrogens is 360 g/mol. The Balaban J connectivity index is 1.63. The number of benzene rings is 2. The van der Waals surface area contributed by atoms with Crippen molar-refractivity contribution in [2.24, 2.45) is 5.92 Å². The van der Waals surface area contributed by atoms with Gasteiger partial charge in [-0.3, -0.25) is 14.5 Å². The summed E-state index contributed by atoms with van der Waals surface area (Å²) < 4.78 is 0. The second-order valence-corrected chi connectivity index (χ2v) is 7.84. The third-order valence-electron chi connectivity index (χ3n) is 4.92. The number of para-hydroxylation sites is 1. The van der Waals surface area contributed by atoms with E-state index in [1.807, 2.05) is 61.5 Å². The van der Waals surface area contributed by atoms with Crippen LogP contribution in [0, 0.1) is 5.92 Å². The lowest BCUT2D eigenvalue weighted by atomic mass is 9.96. The van der Waals surface area contributed by atoms with Gasteiger partial charge < -0.3 is 10.4 Å². The van der Waals surface area contributed by atoms with E-state index in [9.17, 15) is 9.59 Å². The Morgan fingerprint density at radius 1 is 1.07 bits per heavy atom. The largest absolute Gasteiger partial charge is 0.481 e. The summed E-state index contributed by atoms with van der Waals surface area (Å²) in [6, 6.07) is 17.5. The number of carboxylic acid groups (broad SMARTS) is 1. The van der Waals surface area contributed by atoms with Gasteiger partial charge in [-0.2, -0.15) is 0 Å². The number of hydrogen-bond acceptors (Lipinski definition) is 4. The van der Waals surface area contributed by atoms with E-state index in [1.165, 1.54) is 0 Å². The van der Waals surface area contributed by atoms with Crippen LogP contribution < -0.4 is 5.32 Å². The van der Waals surface area contributed by atoms with Crippen molar-refractivity contribution in [2.75, 3.05) is 18.4 Å². The van der Waals surface area contributed by atoms with Gasteiger partial charge in [0, 0.05) is 9.79 Å². The van der Waals surface area contributed by atoms with E-state index in [0.29, 0.717) is 25.9 Å². The molecule has 142 valence electrons. The van der Waals surface area contributed by atoms with Crippen molar-refractivity contribution in [1.29, 1.82) is 0 Å². The molecule has 6 heteroatoms. The number of carbonyl (C=O) groups is 2. The Labute approximate surface area is 163 Å². The van der Waals surface area contributed by atoms with E-state index in [4.69, 9.17) is 5.11 Å². The van der Waals surface area contributed by atoms with Gasteiger partial charge in [0.25, 0.3) is 0 Å². The minimum atomic E-state index is -0.737. The summed E-state index contributed by atoms with van der Waals surface area (Å²) >= 11 is 1.61. The number of nitrogens with zero attached hydrogens (tertiary/aromatic N) is 1. The number of anilines is 1. The van der Waals surface area contributed by atoms with Gasteiger partial charge in [0.05, 0.1) is 17.6 Å². The fourth-order valence-electron chi connectivity index (χ4n) is 3.21. The molecule has 1 heterocycles. The quantitative estimate of drug-likeness (QED) is 0.789. The molecule has 0 saturated carbocycles. The van der Waals surface area contributed by atoms with Crippen molar-refractivity contribution in [2.45, 2.75) is 35.6 Å². The second kappa shape index (κ2) is 9.06. The van der Waals surface area contributed by atoms with Gasteiger partial charge >= 0.3 is 5.97 Å². The Morgan fingerprint density at radius 2 is 1.70 bits per heavy atom. The average Bonchev–Trinajstić information content (AvgIpc) is 2.69. The summed E-state index contributed by atoms with van der Waals surface area (Å²) in [6.07, 6.45) is 1.18. The van der Waals surface area contributed by atoms with Gasteiger partial charge in [0.2, 0.25) is 5.91 Å². The number of likely N-dealkylation sites (tertiary alicyclic amines) is 1. The van der Waals surface area contributed by atoms with Crippen LogP contribution in [0.4, 0.5) is 5.69 Å². The molecular formula is C21H24N2O3S. The van der Waals surface area contributed by atoms with Gasteiger partial charge in [-0.05, 0) is 57.1 Å². The summed E-state index contributed by atoms with van der Waals surface area (Å²) in [4.78, 5) is 28.0. The molecule has 27 heavy (non-hydrogen) atoms. The van der Waals surface area contributed by atoms with Crippen molar-refractivity contribution in [3.63, 3.8) is 0 Å². The molecule has 1 aliphatic heterocycles. The van der Waals surface area contributed by atoms with Gasteiger partial charge in [-0.15, -0.1) is 0 Å². The molecule has 1 fully saturated rings. The summed E-state index contributed by atoms with van der Waals surface area (Å²) in [5.74, 6) is -1.09. The van der Waals surface area contributed by atoms with Gasteiger partial charge in [-0.1, -0.05) is 42.1 Å². The van der Waals surface area contributed by atoms with Crippen LogP contribution in [0.3, 0.4) is 0 Å². The van der Waals surface area contributed by atoms with Crippen LogP contribution in [-0.4, -0.2) is 41.0 Å². The molecule has 0 aliphatic carbocycles. The molecule has 1 unspecified atom stereocenters. The smallest absolute Gasteiger partial charge is 0.306 e. The van der Waals surface area contributed by atoms with Crippen LogP contribution in [0.5, 0.6) is 0 Å². The monoisotopic (exact) mass is 384 g/mol. The zero-order valence-electron chi connectivity index (χ0n) is 15.3. The molecule has 2 aromatic carbocycles. The maximum atomic E-state index is 12.8. The maximum absolute atomic E-state index is 12.8. The molecule has 1 amide bonds. The molecule has 0 bridgehead atoms. The first-order valence-corrected chi connectivity index (χ1v) is 9.96. The van der Waals surface area contributed by atoms with Crippen molar-refractivity contribution in [3.05, 3.63) is 54.6 Å². The molecule has 1 atom stereocenters. The van der Waals surface area contributed by atoms with E-state index >= 15 is 0 Å². The van der Waals surface area contributed by atoms with Crippen molar-refractivity contribution >= 4 is 29.3 Å². The van der Waals surface area contributed by atoms with Crippen molar-refractivity contribution < 1.29 is 14.7 Å². The predicted molar refractivity (Wildman–Crippen MR) is 107 cm³/mol. The topological polar surface area (TPSA) is 69.6 Å². The first kappa shape index (κ1) is 19.5. The van der Waals surface area contributed by atoms with Crippen LogP contribution in [0.25, 0.3) is 0 Å². The molecule has 3 rings (SSSR count). The molecule has 2 N–H and O–H groups in total. The fourth-order valence-corrected chi connectivity index (χ4v) is 4.13. The maximum Gasteiger partial charge on any atom is 0.306 e. The molecule has 0 radical (unpaired) electrons. The second-order valence-electron chi connectivity index (χ2n) is 6.72. The van der Waals surface area contributed by atoms with Crippen LogP contribution in [0.15, 0.2) is 64.4 Å². The van der Waals surface area contributed by atoms with E-state index in [-0.39, 0.29) is 17.9 Å². The molecule has 1 aliphatic rings. The number of amides is 1. The highest BCUT2D eigenvalue weighted by Crippen LogP contribution is 2.33. The summed E-state index contributed by atoms with van der Waals surface area (Å²) in [5, 5.41) is 12.2. The van der Waals surface area contributed by atoms with Crippen molar-refractivity contribution in [3.8, 4) is 0 Å². The molecule has 2 aromatic rings. The highest BCUT2D eigenvalue weighted by molar-refractivity contribution is 7.99. The Morgan fingerprint density at radius 3 is 2.37 bits per heavy atom. The summed E-state index contributed by atoms with van der Waals surface area (Å²) in [6.45, 7) is 3.14. The summed E-state index contributed by atoms with van der Waals surface area (Å²) in [5.41, 5.74) is 0.795. The minimum absolute atomic E-state index is 0.0649. The average molecular weight is 385 g/mol. The number of hydrogen-bond donors (Lipinski definition) is 2. The SMILES string of the molecule is CC(C(=O)Nc1ccccc1Sc1ccccc1)N1CCC(C(=O)O)CC1. The van der Waals surface area contributed by atoms with Crippen LogP contribution in [0.2, 0.25) is 0 Å². The van der Waals surface area contributed by atoms with E-state index in [2.05, 4.69) is 10.2 Å². The molecule has 5 nitrogen and oxygen atoms in total. The zero-order valence-corrected chi connectivity index (χ0v) is 16.1. The van der Waals surface area contributed by atoms with E-state index < -0.39 is 5.97 Å². The van der Waals surface area contributed by atoms with Crippen LogP contribution in [0.1, 0.15) is 19.8 Å². The lowest BCUT2D eigenvalue weighted by Crippen LogP contribution is -2.47. The fraction of sp³-hybridized carbons (Fsp3) is 0.333. The number of nitrogens with one attached hydrogen (secondary N) is 1. The number of piperidine rings is 1. The Kier molecular flexibility index (Phi) is 6.53. The first-order chi connectivity index (χ1) is 13.0. The number of rotatable bonds is 6. The molecule has 0 spiro atoms.